The lowest BCUT2D eigenvalue weighted by atomic mass is 9.95. The molecule has 1 fully saturated rings. The van der Waals surface area contributed by atoms with Crippen molar-refractivity contribution in [2.24, 2.45) is 0 Å². The quantitative estimate of drug-likeness (QED) is 0.423. The fourth-order valence-corrected chi connectivity index (χ4v) is 4.56. The van der Waals surface area contributed by atoms with Gasteiger partial charge in [0, 0.05) is 18.7 Å². The van der Waals surface area contributed by atoms with Crippen LogP contribution in [0.4, 0.5) is 5.69 Å². The van der Waals surface area contributed by atoms with Gasteiger partial charge in [-0.1, -0.05) is 31.4 Å². The Balaban J connectivity index is 1.71. The van der Waals surface area contributed by atoms with Crippen LogP contribution in [0.25, 0.3) is 0 Å². The number of hydrogen-bond acceptors (Lipinski definition) is 4. The Morgan fingerprint density at radius 2 is 1.81 bits per heavy atom. The van der Waals surface area contributed by atoms with Crippen LogP contribution >= 0.6 is 34.8 Å². The fourth-order valence-electron chi connectivity index (χ4n) is 3.64. The molecule has 0 bridgehead atoms. The molecule has 0 aromatic heterocycles. The van der Waals surface area contributed by atoms with E-state index in [1.807, 2.05) is 18.2 Å². The van der Waals surface area contributed by atoms with Crippen LogP contribution in [0.5, 0.6) is 5.75 Å². The number of rotatable bonds is 5. The maximum atomic E-state index is 12.9. The lowest BCUT2D eigenvalue weighted by Crippen LogP contribution is -2.42. The monoisotopic (exact) mass is 551 g/mol. The molecule has 1 aliphatic rings. The van der Waals surface area contributed by atoms with Crippen LogP contribution in [0.3, 0.4) is 0 Å². The summed E-state index contributed by atoms with van der Waals surface area (Å²) < 4.78 is 6.07. The first-order valence-corrected chi connectivity index (χ1v) is 11.7. The van der Waals surface area contributed by atoms with Gasteiger partial charge in [-0.3, -0.25) is 14.9 Å². The van der Waals surface area contributed by atoms with Crippen molar-refractivity contribution in [3.05, 3.63) is 57.2 Å². The van der Waals surface area contributed by atoms with Gasteiger partial charge in [0.05, 0.1) is 21.9 Å². The van der Waals surface area contributed by atoms with Crippen molar-refractivity contribution in [1.82, 2.24) is 10.6 Å². The normalized spacial score (nSPS) is 13.9. The van der Waals surface area contributed by atoms with Gasteiger partial charge in [0.25, 0.3) is 11.8 Å². The Morgan fingerprint density at radius 1 is 1.10 bits per heavy atom. The molecule has 2 aromatic carbocycles. The van der Waals surface area contributed by atoms with Gasteiger partial charge in [-0.2, -0.15) is 0 Å². The van der Waals surface area contributed by atoms with Gasteiger partial charge < -0.3 is 15.0 Å². The molecule has 0 atom stereocenters. The summed E-state index contributed by atoms with van der Waals surface area (Å²) in [4.78, 5) is 27.2. The van der Waals surface area contributed by atoms with E-state index in [-0.39, 0.29) is 23.0 Å². The van der Waals surface area contributed by atoms with E-state index in [0.717, 1.165) is 29.3 Å². The lowest BCUT2D eigenvalue weighted by Gasteiger charge is -2.26. The number of anilines is 1. The number of halogens is 1. The van der Waals surface area contributed by atoms with Gasteiger partial charge in [-0.05, 0) is 78.0 Å². The smallest absolute Gasteiger partial charge is 0.257 e. The van der Waals surface area contributed by atoms with Gasteiger partial charge in [0.2, 0.25) is 0 Å². The third-order valence-corrected chi connectivity index (χ3v) is 6.61. The number of nitrogens with one attached hydrogen (secondary N) is 2. The molecule has 0 unspecified atom stereocenters. The minimum absolute atomic E-state index is 0.117. The summed E-state index contributed by atoms with van der Waals surface area (Å²) in [6.07, 6.45) is 5.55. The Morgan fingerprint density at radius 3 is 2.48 bits per heavy atom. The Labute approximate surface area is 201 Å². The van der Waals surface area contributed by atoms with E-state index in [2.05, 4.69) is 33.2 Å². The molecule has 0 saturated heterocycles. The lowest BCUT2D eigenvalue weighted by molar-refractivity contribution is 0.0927. The minimum Gasteiger partial charge on any atom is -0.496 e. The van der Waals surface area contributed by atoms with Crippen LogP contribution in [0.1, 0.15) is 52.8 Å². The van der Waals surface area contributed by atoms with E-state index in [9.17, 15) is 9.59 Å². The van der Waals surface area contributed by atoms with Gasteiger partial charge in [0.15, 0.2) is 5.11 Å². The zero-order valence-electron chi connectivity index (χ0n) is 17.6. The van der Waals surface area contributed by atoms with Crippen molar-refractivity contribution in [2.75, 3.05) is 19.1 Å². The van der Waals surface area contributed by atoms with Crippen LogP contribution in [0, 0.1) is 3.57 Å². The molecular formula is C23H26IN3O3S. The number of carbonyl (C=O) groups excluding carboxylic acids is 2. The summed E-state index contributed by atoms with van der Waals surface area (Å²) in [6.45, 7) is 0. The number of para-hydroxylation sites is 1. The average Bonchev–Trinajstić information content (AvgIpc) is 2.79. The number of hydrogen-bond donors (Lipinski definition) is 2. The molecule has 8 heteroatoms. The Hall–Kier alpha value is -2.20. The Bertz CT molecular complexity index is 976. The molecule has 1 saturated carbocycles. The fraction of sp³-hybridized carbons (Fsp3) is 0.348. The van der Waals surface area contributed by atoms with Crippen LogP contribution < -0.4 is 20.3 Å². The molecule has 2 amide bonds. The van der Waals surface area contributed by atoms with Crippen LogP contribution in [-0.4, -0.2) is 37.1 Å². The van der Waals surface area contributed by atoms with Gasteiger partial charge >= 0.3 is 0 Å². The van der Waals surface area contributed by atoms with Gasteiger partial charge in [-0.25, -0.2) is 0 Å². The SMILES string of the molecule is COc1ccc(C(=O)NC(=S)N(C)c2ccccc2C(=O)NC2CCCCC2)cc1I. The van der Waals surface area contributed by atoms with E-state index in [1.165, 1.54) is 6.42 Å². The predicted molar refractivity (Wildman–Crippen MR) is 135 cm³/mol. The second kappa shape index (κ2) is 10.9. The van der Waals surface area contributed by atoms with Gasteiger partial charge in [-0.15, -0.1) is 0 Å². The van der Waals surface area contributed by atoms with Crippen molar-refractivity contribution >= 4 is 57.4 Å². The second-order valence-electron chi connectivity index (χ2n) is 7.49. The molecule has 0 heterocycles. The number of amides is 2. The molecule has 1 aliphatic carbocycles. The van der Waals surface area contributed by atoms with Crippen molar-refractivity contribution in [1.29, 1.82) is 0 Å². The minimum atomic E-state index is -0.318. The summed E-state index contributed by atoms with van der Waals surface area (Å²) in [5.41, 5.74) is 1.65. The van der Waals surface area contributed by atoms with Crippen molar-refractivity contribution < 1.29 is 14.3 Å². The first-order chi connectivity index (χ1) is 14.9. The summed E-state index contributed by atoms with van der Waals surface area (Å²) >= 11 is 7.58. The highest BCUT2D eigenvalue weighted by Gasteiger charge is 2.21. The number of carbonyl (C=O) groups is 2. The van der Waals surface area contributed by atoms with E-state index in [0.29, 0.717) is 22.6 Å². The zero-order valence-corrected chi connectivity index (χ0v) is 20.6. The maximum absolute atomic E-state index is 12.9. The number of thiocarbonyl (C=S) groups is 1. The van der Waals surface area contributed by atoms with E-state index in [1.54, 1.807) is 43.3 Å². The van der Waals surface area contributed by atoms with E-state index < -0.39 is 0 Å². The molecule has 164 valence electrons. The summed E-state index contributed by atoms with van der Waals surface area (Å²) in [7, 11) is 3.33. The Kier molecular flexibility index (Phi) is 8.25. The standard InChI is InChI=1S/C23H26IN3O3S/c1-27(23(31)26-21(28)15-12-13-20(30-2)18(24)14-15)19-11-7-6-10-17(19)22(29)25-16-8-4-3-5-9-16/h6-7,10-14,16H,3-5,8-9H2,1-2H3,(H,25,29)(H,26,28,31). The highest BCUT2D eigenvalue weighted by Crippen LogP contribution is 2.23. The predicted octanol–water partition coefficient (Wildman–Crippen LogP) is 4.51. The third kappa shape index (κ3) is 5.94. The van der Waals surface area contributed by atoms with E-state index in [4.69, 9.17) is 17.0 Å². The van der Waals surface area contributed by atoms with Crippen LogP contribution in [-0.2, 0) is 0 Å². The maximum Gasteiger partial charge on any atom is 0.257 e. The number of methoxy groups -OCH3 is 1. The van der Waals surface area contributed by atoms with Crippen molar-refractivity contribution in [3.8, 4) is 5.75 Å². The highest BCUT2D eigenvalue weighted by atomic mass is 127. The zero-order chi connectivity index (χ0) is 22.4. The molecule has 6 nitrogen and oxygen atoms in total. The third-order valence-electron chi connectivity index (χ3n) is 5.39. The highest BCUT2D eigenvalue weighted by molar-refractivity contribution is 14.1. The van der Waals surface area contributed by atoms with Crippen molar-refractivity contribution in [2.45, 2.75) is 38.1 Å². The molecular weight excluding hydrogens is 525 g/mol. The summed E-state index contributed by atoms with van der Waals surface area (Å²) in [5.74, 6) is 0.268. The molecule has 31 heavy (non-hydrogen) atoms. The number of nitrogens with zero attached hydrogens (tertiary/aromatic N) is 1. The first kappa shape index (κ1) is 23.5. The second-order valence-corrected chi connectivity index (χ2v) is 9.04. The summed E-state index contributed by atoms with van der Waals surface area (Å²) in [5, 5.41) is 6.11. The molecule has 2 aromatic rings. The topological polar surface area (TPSA) is 70.7 Å². The van der Waals surface area contributed by atoms with Crippen LogP contribution in [0.2, 0.25) is 0 Å². The molecule has 0 radical (unpaired) electrons. The first-order valence-electron chi connectivity index (χ1n) is 10.2. The van der Waals surface area contributed by atoms with Crippen LogP contribution in [0.15, 0.2) is 42.5 Å². The molecule has 0 spiro atoms. The number of ether oxygens (including phenoxy) is 1. The average molecular weight is 551 g/mol. The molecule has 3 rings (SSSR count). The van der Waals surface area contributed by atoms with Gasteiger partial charge in [0.1, 0.15) is 5.75 Å². The van der Waals surface area contributed by atoms with Crippen molar-refractivity contribution in [3.63, 3.8) is 0 Å². The van der Waals surface area contributed by atoms with E-state index >= 15 is 0 Å². The summed E-state index contributed by atoms with van der Waals surface area (Å²) in [6, 6.07) is 12.7. The molecule has 0 aliphatic heterocycles. The molecule has 2 N–H and O–H groups in total. The number of benzene rings is 2. The largest absolute Gasteiger partial charge is 0.496 e.